The van der Waals surface area contributed by atoms with E-state index >= 15 is 0 Å². The zero-order valence-electron chi connectivity index (χ0n) is 8.95. The van der Waals surface area contributed by atoms with Crippen LogP contribution in [-0.2, 0) is 9.47 Å². The number of ether oxygens (including phenoxy) is 2. The first-order chi connectivity index (χ1) is 6.54. The number of rotatable bonds is 3. The minimum Gasteiger partial charge on any atom is -0.374 e. The van der Waals surface area contributed by atoms with E-state index in [2.05, 4.69) is 13.5 Å². The molecule has 3 nitrogen and oxygen atoms in total. The van der Waals surface area contributed by atoms with Crippen LogP contribution in [0.2, 0.25) is 0 Å². The maximum Gasteiger partial charge on any atom is 0.143 e. The molecule has 2 rings (SSSR count). The fraction of sp³-hybridized carbons (Fsp3) is 0.818. The van der Waals surface area contributed by atoms with Crippen LogP contribution >= 0.6 is 0 Å². The lowest BCUT2D eigenvalue weighted by Crippen LogP contribution is -2.42. The van der Waals surface area contributed by atoms with E-state index in [1.54, 1.807) is 7.11 Å². The normalized spacial score (nSPS) is 45.1. The van der Waals surface area contributed by atoms with Gasteiger partial charge in [0.2, 0.25) is 0 Å². The first kappa shape index (κ1) is 10.1. The predicted octanol–water partition coefficient (Wildman–Crippen LogP) is 1.43. The van der Waals surface area contributed by atoms with Crippen LogP contribution in [0.4, 0.5) is 0 Å². The van der Waals surface area contributed by atoms with Crippen molar-refractivity contribution < 1.29 is 9.47 Å². The second-order valence-corrected chi connectivity index (χ2v) is 4.62. The summed E-state index contributed by atoms with van der Waals surface area (Å²) in [7, 11) is 1.74. The van der Waals surface area contributed by atoms with E-state index in [-0.39, 0.29) is 17.4 Å². The Hall–Kier alpha value is -0.380. The molecule has 1 saturated heterocycles. The summed E-state index contributed by atoms with van der Waals surface area (Å²) < 4.78 is 11.0. The van der Waals surface area contributed by atoms with E-state index in [1.165, 1.54) is 0 Å². The van der Waals surface area contributed by atoms with Crippen LogP contribution in [0.1, 0.15) is 26.2 Å². The van der Waals surface area contributed by atoms with Crippen LogP contribution in [0.15, 0.2) is 12.7 Å². The van der Waals surface area contributed by atoms with Gasteiger partial charge in [-0.3, -0.25) is 0 Å². The van der Waals surface area contributed by atoms with Crippen LogP contribution in [0.5, 0.6) is 0 Å². The molecule has 0 aromatic rings. The SMILES string of the molecule is C=CC(C)(OC)[C@@H]1CC[C@]2(N)OC2C1. The summed E-state index contributed by atoms with van der Waals surface area (Å²) in [6, 6.07) is 0. The number of fused-ring (bicyclic) bond motifs is 1. The summed E-state index contributed by atoms with van der Waals surface area (Å²) in [4.78, 5) is 0. The van der Waals surface area contributed by atoms with Gasteiger partial charge >= 0.3 is 0 Å². The number of epoxide rings is 1. The van der Waals surface area contributed by atoms with Crippen molar-refractivity contribution in [3.63, 3.8) is 0 Å². The molecule has 0 aromatic carbocycles. The fourth-order valence-electron chi connectivity index (χ4n) is 2.41. The van der Waals surface area contributed by atoms with Crippen LogP contribution < -0.4 is 5.73 Å². The van der Waals surface area contributed by atoms with E-state index < -0.39 is 0 Å². The zero-order chi connectivity index (χ0) is 10.4. The molecular weight excluding hydrogens is 178 g/mol. The van der Waals surface area contributed by atoms with Crippen LogP contribution in [0.25, 0.3) is 0 Å². The summed E-state index contributed by atoms with van der Waals surface area (Å²) in [5, 5.41) is 0. The van der Waals surface area contributed by atoms with Gasteiger partial charge in [-0.15, -0.1) is 6.58 Å². The molecular formula is C11H19NO2. The van der Waals surface area contributed by atoms with Gasteiger partial charge in [0.05, 0.1) is 5.60 Å². The molecule has 0 aromatic heterocycles. The maximum atomic E-state index is 5.95. The maximum absolute atomic E-state index is 5.95. The highest BCUT2D eigenvalue weighted by Gasteiger charge is 2.58. The second-order valence-electron chi connectivity index (χ2n) is 4.62. The molecule has 14 heavy (non-hydrogen) atoms. The van der Waals surface area contributed by atoms with Crippen LogP contribution in [0, 0.1) is 5.92 Å². The van der Waals surface area contributed by atoms with E-state index in [4.69, 9.17) is 15.2 Å². The number of hydrogen-bond donors (Lipinski definition) is 1. The van der Waals surface area contributed by atoms with Crippen molar-refractivity contribution in [1.82, 2.24) is 0 Å². The highest BCUT2D eigenvalue weighted by Crippen LogP contribution is 2.49. The lowest BCUT2D eigenvalue weighted by molar-refractivity contribution is -0.0148. The molecule has 2 N–H and O–H groups in total. The Morgan fingerprint density at radius 2 is 2.43 bits per heavy atom. The highest BCUT2D eigenvalue weighted by atomic mass is 16.6. The summed E-state index contributed by atoms with van der Waals surface area (Å²) in [5.74, 6) is 0.481. The molecule has 0 radical (unpaired) electrons. The van der Waals surface area contributed by atoms with E-state index in [1.807, 2.05) is 6.08 Å². The molecule has 0 spiro atoms. The Balaban J connectivity index is 2.03. The summed E-state index contributed by atoms with van der Waals surface area (Å²) in [6.07, 6.45) is 5.13. The Morgan fingerprint density at radius 1 is 1.71 bits per heavy atom. The van der Waals surface area contributed by atoms with Crippen molar-refractivity contribution in [3.05, 3.63) is 12.7 Å². The standard InChI is InChI=1S/C11H19NO2/c1-4-10(2,13-3)8-5-6-11(12)9(7-8)14-11/h4,8-9H,1,5-7,12H2,2-3H3/t8-,9?,10?,11+/m1/s1. The number of nitrogens with two attached hydrogens (primary N) is 1. The third-order valence-electron chi connectivity index (χ3n) is 3.89. The minimum atomic E-state index is -0.299. The molecule has 1 aliphatic carbocycles. The first-order valence-electron chi connectivity index (χ1n) is 5.19. The zero-order valence-corrected chi connectivity index (χ0v) is 8.95. The molecule has 1 saturated carbocycles. The molecule has 2 unspecified atom stereocenters. The van der Waals surface area contributed by atoms with Crippen molar-refractivity contribution in [2.24, 2.45) is 11.7 Å². The molecule has 80 valence electrons. The summed E-state index contributed by atoms with van der Waals surface area (Å²) in [6.45, 7) is 5.92. The minimum absolute atomic E-state index is 0.229. The second kappa shape index (κ2) is 3.05. The van der Waals surface area contributed by atoms with Gasteiger partial charge in [0.1, 0.15) is 11.8 Å². The predicted molar refractivity (Wildman–Crippen MR) is 54.7 cm³/mol. The Labute approximate surface area is 85.3 Å². The van der Waals surface area contributed by atoms with Gasteiger partial charge < -0.3 is 15.2 Å². The molecule has 2 fully saturated rings. The highest BCUT2D eigenvalue weighted by molar-refractivity contribution is 5.09. The summed E-state index contributed by atoms with van der Waals surface area (Å²) >= 11 is 0. The van der Waals surface area contributed by atoms with Gasteiger partial charge in [-0.2, -0.15) is 0 Å². The van der Waals surface area contributed by atoms with E-state index in [0.717, 1.165) is 19.3 Å². The Kier molecular flexibility index (Phi) is 2.21. The number of hydrogen-bond acceptors (Lipinski definition) is 3. The number of methoxy groups -OCH3 is 1. The van der Waals surface area contributed by atoms with E-state index in [9.17, 15) is 0 Å². The summed E-state index contributed by atoms with van der Waals surface area (Å²) in [5.41, 5.74) is 5.42. The van der Waals surface area contributed by atoms with E-state index in [0.29, 0.717) is 5.92 Å². The van der Waals surface area contributed by atoms with Crippen LogP contribution in [-0.4, -0.2) is 24.5 Å². The Morgan fingerprint density at radius 3 is 2.93 bits per heavy atom. The van der Waals surface area contributed by atoms with Gasteiger partial charge in [-0.25, -0.2) is 0 Å². The van der Waals surface area contributed by atoms with Gasteiger partial charge in [0.15, 0.2) is 0 Å². The smallest absolute Gasteiger partial charge is 0.143 e. The van der Waals surface area contributed by atoms with Gasteiger partial charge in [0, 0.05) is 7.11 Å². The fourth-order valence-corrected chi connectivity index (χ4v) is 2.41. The lowest BCUT2D eigenvalue weighted by atomic mass is 9.76. The third kappa shape index (κ3) is 1.40. The molecule has 3 heteroatoms. The molecule has 1 heterocycles. The molecule has 1 aliphatic heterocycles. The average Bonchev–Trinajstić information content (AvgIpc) is 2.87. The van der Waals surface area contributed by atoms with Crippen molar-refractivity contribution in [3.8, 4) is 0 Å². The van der Waals surface area contributed by atoms with Crippen molar-refractivity contribution in [1.29, 1.82) is 0 Å². The quantitative estimate of drug-likeness (QED) is 0.550. The Bertz CT molecular complexity index is 256. The molecule has 2 aliphatic rings. The largest absolute Gasteiger partial charge is 0.374 e. The van der Waals surface area contributed by atoms with Crippen LogP contribution in [0.3, 0.4) is 0 Å². The third-order valence-corrected chi connectivity index (χ3v) is 3.89. The van der Waals surface area contributed by atoms with Gasteiger partial charge in [-0.05, 0) is 32.1 Å². The van der Waals surface area contributed by atoms with Gasteiger partial charge in [-0.1, -0.05) is 6.08 Å². The topological polar surface area (TPSA) is 47.8 Å². The molecule has 0 bridgehead atoms. The van der Waals surface area contributed by atoms with Crippen molar-refractivity contribution >= 4 is 0 Å². The monoisotopic (exact) mass is 197 g/mol. The average molecular weight is 197 g/mol. The lowest BCUT2D eigenvalue weighted by Gasteiger charge is -2.36. The van der Waals surface area contributed by atoms with Crippen molar-refractivity contribution in [2.45, 2.75) is 43.6 Å². The molecule has 4 atom stereocenters. The molecule has 0 amide bonds. The van der Waals surface area contributed by atoms with Gasteiger partial charge in [0.25, 0.3) is 0 Å². The van der Waals surface area contributed by atoms with Crippen molar-refractivity contribution in [2.75, 3.05) is 7.11 Å². The first-order valence-corrected chi connectivity index (χ1v) is 5.19.